The SMILES string of the molecule is CCC(O)=C(Oc1ccc(C(F)(F)F)cc1)[C@H]1[C@H](O)CC(=O)[C@@H]1CC. The van der Waals surface area contributed by atoms with E-state index < -0.39 is 29.7 Å². The molecular formula is C18H21F3O4. The predicted molar refractivity (Wildman–Crippen MR) is 84.9 cm³/mol. The van der Waals surface area contributed by atoms with Gasteiger partial charge in [-0.15, -0.1) is 0 Å². The standard InChI is InChI=1S/C18H21F3O4/c1-3-12-14(23)9-15(24)16(12)17(13(22)4-2)25-11-7-5-10(6-8-11)18(19,20)21/h5-8,12,15-16,22,24H,3-4,9H2,1-2H3/t12-,15+,16+/m0/s1. The molecule has 4 nitrogen and oxygen atoms in total. The van der Waals surface area contributed by atoms with Gasteiger partial charge in [0, 0.05) is 18.8 Å². The lowest BCUT2D eigenvalue weighted by molar-refractivity contribution is -0.137. The number of halogens is 3. The van der Waals surface area contributed by atoms with Gasteiger partial charge in [-0.1, -0.05) is 13.8 Å². The van der Waals surface area contributed by atoms with Gasteiger partial charge in [-0.2, -0.15) is 13.2 Å². The van der Waals surface area contributed by atoms with Crippen LogP contribution in [0.2, 0.25) is 0 Å². The van der Waals surface area contributed by atoms with Crippen LogP contribution in [0.5, 0.6) is 5.75 Å². The van der Waals surface area contributed by atoms with Gasteiger partial charge >= 0.3 is 6.18 Å². The van der Waals surface area contributed by atoms with Gasteiger partial charge in [0.2, 0.25) is 0 Å². The van der Waals surface area contributed by atoms with Crippen molar-refractivity contribution < 1.29 is 32.9 Å². The van der Waals surface area contributed by atoms with Crippen LogP contribution in [0.15, 0.2) is 35.8 Å². The van der Waals surface area contributed by atoms with Crippen LogP contribution >= 0.6 is 0 Å². The number of Topliss-reactive ketones (excluding diaryl/α,β-unsaturated/α-hetero) is 1. The van der Waals surface area contributed by atoms with Gasteiger partial charge < -0.3 is 14.9 Å². The topological polar surface area (TPSA) is 66.8 Å². The number of hydrogen-bond acceptors (Lipinski definition) is 4. The molecule has 1 aliphatic carbocycles. The third-order valence-corrected chi connectivity index (χ3v) is 4.44. The highest BCUT2D eigenvalue weighted by molar-refractivity contribution is 5.84. The molecule has 0 radical (unpaired) electrons. The van der Waals surface area contributed by atoms with Crippen LogP contribution in [0.25, 0.3) is 0 Å². The average Bonchev–Trinajstić information content (AvgIpc) is 2.84. The summed E-state index contributed by atoms with van der Waals surface area (Å²) in [7, 11) is 0. The molecule has 2 N–H and O–H groups in total. The Hall–Kier alpha value is -2.02. The van der Waals surface area contributed by atoms with Gasteiger partial charge in [0.15, 0.2) is 0 Å². The fraction of sp³-hybridized carbons (Fsp3) is 0.500. The Kier molecular flexibility index (Phi) is 5.77. The minimum Gasteiger partial charge on any atom is -0.509 e. The molecule has 1 aliphatic rings. The third-order valence-electron chi connectivity index (χ3n) is 4.44. The number of ether oxygens (including phenoxy) is 1. The lowest BCUT2D eigenvalue weighted by Crippen LogP contribution is -2.26. The smallest absolute Gasteiger partial charge is 0.416 e. The Morgan fingerprint density at radius 3 is 2.32 bits per heavy atom. The molecule has 1 aromatic rings. The van der Waals surface area contributed by atoms with Crippen molar-refractivity contribution >= 4 is 5.78 Å². The van der Waals surface area contributed by atoms with Crippen molar-refractivity contribution in [2.75, 3.05) is 0 Å². The monoisotopic (exact) mass is 358 g/mol. The highest BCUT2D eigenvalue weighted by Gasteiger charge is 2.44. The zero-order valence-corrected chi connectivity index (χ0v) is 14.0. The first-order valence-corrected chi connectivity index (χ1v) is 8.16. The maximum Gasteiger partial charge on any atom is 0.416 e. The van der Waals surface area contributed by atoms with Crippen molar-refractivity contribution in [2.24, 2.45) is 11.8 Å². The Morgan fingerprint density at radius 1 is 1.24 bits per heavy atom. The van der Waals surface area contributed by atoms with E-state index in [1.165, 1.54) is 0 Å². The molecule has 138 valence electrons. The first-order valence-electron chi connectivity index (χ1n) is 8.16. The van der Waals surface area contributed by atoms with Gasteiger partial charge in [0.05, 0.1) is 17.6 Å². The number of ketones is 1. The zero-order valence-electron chi connectivity index (χ0n) is 14.0. The van der Waals surface area contributed by atoms with Crippen LogP contribution in [0.4, 0.5) is 13.2 Å². The molecule has 0 aliphatic heterocycles. The molecule has 7 heteroatoms. The van der Waals surface area contributed by atoms with E-state index in [1.807, 2.05) is 0 Å². The summed E-state index contributed by atoms with van der Waals surface area (Å²) < 4.78 is 43.5. The molecule has 25 heavy (non-hydrogen) atoms. The van der Waals surface area contributed by atoms with E-state index in [0.29, 0.717) is 6.42 Å². The van der Waals surface area contributed by atoms with E-state index in [2.05, 4.69) is 0 Å². The molecule has 0 saturated heterocycles. The van der Waals surface area contributed by atoms with Crippen LogP contribution in [0.3, 0.4) is 0 Å². The fourth-order valence-corrected chi connectivity index (χ4v) is 3.12. The van der Waals surface area contributed by atoms with Crippen molar-refractivity contribution in [3.63, 3.8) is 0 Å². The molecule has 0 aromatic heterocycles. The van der Waals surface area contributed by atoms with Gasteiger partial charge in [-0.05, 0) is 30.7 Å². The molecule has 1 aromatic carbocycles. The maximum absolute atomic E-state index is 12.6. The molecule has 0 amide bonds. The van der Waals surface area contributed by atoms with E-state index >= 15 is 0 Å². The Labute approximate surface area is 143 Å². The Morgan fingerprint density at radius 2 is 1.84 bits per heavy atom. The van der Waals surface area contributed by atoms with Crippen LogP contribution in [0, 0.1) is 11.8 Å². The number of hydrogen-bond donors (Lipinski definition) is 2. The largest absolute Gasteiger partial charge is 0.509 e. The third kappa shape index (κ3) is 4.15. The summed E-state index contributed by atoms with van der Waals surface area (Å²) in [6.45, 7) is 3.47. The molecule has 0 unspecified atom stereocenters. The van der Waals surface area contributed by atoms with Crippen LogP contribution in [-0.2, 0) is 11.0 Å². The van der Waals surface area contributed by atoms with E-state index in [-0.39, 0.29) is 35.9 Å². The zero-order chi connectivity index (χ0) is 18.8. The Bertz CT molecular complexity index is 649. The lowest BCUT2D eigenvalue weighted by atomic mass is 9.89. The number of carbonyl (C=O) groups excluding carboxylic acids is 1. The average molecular weight is 358 g/mol. The summed E-state index contributed by atoms with van der Waals surface area (Å²) in [6, 6.07) is 4.05. The number of aliphatic hydroxyl groups is 2. The highest BCUT2D eigenvalue weighted by Crippen LogP contribution is 2.39. The number of carbonyl (C=O) groups is 1. The molecule has 0 spiro atoms. The van der Waals surface area contributed by atoms with Gasteiger partial charge in [0.1, 0.15) is 23.1 Å². The predicted octanol–water partition coefficient (Wildman–Crippen LogP) is 4.24. The van der Waals surface area contributed by atoms with E-state index in [9.17, 15) is 28.2 Å². The minimum absolute atomic E-state index is 0.0277. The molecule has 2 rings (SSSR count). The Balaban J connectivity index is 2.32. The van der Waals surface area contributed by atoms with Crippen molar-refractivity contribution in [3.05, 3.63) is 41.3 Å². The van der Waals surface area contributed by atoms with E-state index in [0.717, 1.165) is 24.3 Å². The minimum atomic E-state index is -4.45. The summed E-state index contributed by atoms with van der Waals surface area (Å²) in [5, 5.41) is 20.4. The van der Waals surface area contributed by atoms with Crippen LogP contribution in [0.1, 0.15) is 38.7 Å². The number of alkyl halides is 3. The highest BCUT2D eigenvalue weighted by atomic mass is 19.4. The lowest BCUT2D eigenvalue weighted by Gasteiger charge is -2.24. The molecule has 0 heterocycles. The summed E-state index contributed by atoms with van der Waals surface area (Å²) in [4.78, 5) is 12.0. The van der Waals surface area contributed by atoms with E-state index in [1.54, 1.807) is 13.8 Å². The van der Waals surface area contributed by atoms with Gasteiger partial charge in [-0.3, -0.25) is 4.79 Å². The second-order valence-electron chi connectivity index (χ2n) is 6.07. The number of aliphatic hydroxyl groups excluding tert-OH is 2. The van der Waals surface area contributed by atoms with E-state index in [4.69, 9.17) is 4.74 Å². The van der Waals surface area contributed by atoms with Crippen LogP contribution < -0.4 is 4.74 Å². The first-order chi connectivity index (χ1) is 11.7. The second kappa shape index (κ2) is 7.47. The summed E-state index contributed by atoms with van der Waals surface area (Å²) >= 11 is 0. The van der Waals surface area contributed by atoms with Gasteiger partial charge in [-0.25, -0.2) is 0 Å². The fourth-order valence-electron chi connectivity index (χ4n) is 3.12. The first kappa shape index (κ1) is 19.3. The van der Waals surface area contributed by atoms with Crippen molar-refractivity contribution in [3.8, 4) is 5.75 Å². The quantitative estimate of drug-likeness (QED) is 0.773. The van der Waals surface area contributed by atoms with Gasteiger partial charge in [0.25, 0.3) is 0 Å². The maximum atomic E-state index is 12.6. The van der Waals surface area contributed by atoms with Crippen LogP contribution in [-0.4, -0.2) is 22.1 Å². The van der Waals surface area contributed by atoms with Crippen molar-refractivity contribution in [1.29, 1.82) is 0 Å². The number of rotatable bonds is 5. The molecule has 1 saturated carbocycles. The normalized spacial score (nSPS) is 25.0. The molecule has 3 atom stereocenters. The molecule has 1 fully saturated rings. The number of benzene rings is 1. The number of allylic oxidation sites excluding steroid dienone is 1. The van der Waals surface area contributed by atoms with Crippen molar-refractivity contribution in [1.82, 2.24) is 0 Å². The summed E-state index contributed by atoms with van der Waals surface area (Å²) in [5.41, 5.74) is -0.812. The second-order valence-corrected chi connectivity index (χ2v) is 6.07. The summed E-state index contributed by atoms with van der Waals surface area (Å²) in [6.07, 6.45) is -4.79. The summed E-state index contributed by atoms with van der Waals surface area (Å²) in [5.74, 6) is -1.29. The van der Waals surface area contributed by atoms with Crippen molar-refractivity contribution in [2.45, 2.75) is 45.4 Å². The molecular weight excluding hydrogens is 337 g/mol. The molecule has 0 bridgehead atoms.